The predicted octanol–water partition coefficient (Wildman–Crippen LogP) is 7.71. The molecule has 2 N–H and O–H groups in total. The second-order valence-corrected chi connectivity index (χ2v) is 10.7. The zero-order valence-corrected chi connectivity index (χ0v) is 25.5. The summed E-state index contributed by atoms with van der Waals surface area (Å²) in [5.41, 5.74) is -1.14. The van der Waals surface area contributed by atoms with Gasteiger partial charge in [0.1, 0.15) is 5.04 Å². The Bertz CT molecular complexity index is 1040. The Morgan fingerprint density at radius 2 is 1.48 bits per heavy atom. The molecule has 0 bridgehead atoms. The van der Waals surface area contributed by atoms with E-state index in [1.54, 1.807) is 4.90 Å². The van der Waals surface area contributed by atoms with Gasteiger partial charge in [-0.15, -0.1) is 0 Å². The fourth-order valence-electron chi connectivity index (χ4n) is 4.06. The molecule has 0 aliphatic carbocycles. The number of thioether (sulfide) groups is 1. The van der Waals surface area contributed by atoms with Crippen molar-refractivity contribution in [3.8, 4) is 0 Å². The van der Waals surface area contributed by atoms with Crippen molar-refractivity contribution in [3.63, 3.8) is 0 Å². The second-order valence-electron chi connectivity index (χ2n) is 9.77. The maximum Gasteiger partial charge on any atom is 0.303 e. The number of esters is 1. The SMILES string of the molecule is CCCCCCN(C(=O)CCCC)C(CC(OC(C)=O)C(=N)S/C=C/c1c(F)c(F)c(F)c(F)c1F)C(C)C.O=CO. The highest BCUT2D eigenvalue weighted by Crippen LogP contribution is 2.27. The zero-order chi connectivity index (χ0) is 32.4. The van der Waals surface area contributed by atoms with Crippen molar-refractivity contribution in [1.82, 2.24) is 4.90 Å². The highest BCUT2D eigenvalue weighted by atomic mass is 32.2. The highest BCUT2D eigenvalue weighted by molar-refractivity contribution is 8.16. The first-order valence-electron chi connectivity index (χ1n) is 13.8. The van der Waals surface area contributed by atoms with Crippen molar-refractivity contribution in [2.24, 2.45) is 5.92 Å². The number of rotatable bonds is 16. The van der Waals surface area contributed by atoms with Gasteiger partial charge in [0.05, 0.1) is 5.56 Å². The summed E-state index contributed by atoms with van der Waals surface area (Å²) in [6.07, 6.45) is 5.52. The molecule has 13 heteroatoms. The van der Waals surface area contributed by atoms with Gasteiger partial charge in [0.15, 0.2) is 29.4 Å². The molecule has 0 saturated carbocycles. The molecule has 2 unspecified atom stereocenters. The molecule has 1 amide bonds. The van der Waals surface area contributed by atoms with Crippen LogP contribution in [0, 0.1) is 40.4 Å². The third-order valence-electron chi connectivity index (χ3n) is 6.22. The summed E-state index contributed by atoms with van der Waals surface area (Å²) in [6.45, 7) is 9.40. The minimum absolute atomic E-state index is 0.0148. The van der Waals surface area contributed by atoms with Gasteiger partial charge in [0, 0.05) is 32.4 Å². The van der Waals surface area contributed by atoms with Crippen LogP contribution in [0.15, 0.2) is 5.41 Å². The van der Waals surface area contributed by atoms with Crippen molar-refractivity contribution >= 4 is 41.2 Å². The van der Waals surface area contributed by atoms with Crippen molar-refractivity contribution in [2.45, 2.75) is 98.1 Å². The average molecular weight is 625 g/mol. The average Bonchev–Trinajstić information content (AvgIpc) is 2.94. The van der Waals surface area contributed by atoms with Crippen LogP contribution in [0.25, 0.3) is 6.08 Å². The first-order chi connectivity index (χ1) is 19.8. The van der Waals surface area contributed by atoms with Gasteiger partial charge in [-0.2, -0.15) is 0 Å². The van der Waals surface area contributed by atoms with Gasteiger partial charge in [0.25, 0.3) is 6.47 Å². The van der Waals surface area contributed by atoms with E-state index in [9.17, 15) is 31.5 Å². The van der Waals surface area contributed by atoms with Gasteiger partial charge >= 0.3 is 5.97 Å². The van der Waals surface area contributed by atoms with Crippen LogP contribution in [0.2, 0.25) is 0 Å². The van der Waals surface area contributed by atoms with E-state index in [2.05, 4.69) is 6.92 Å². The van der Waals surface area contributed by atoms with E-state index in [0.29, 0.717) is 30.8 Å². The van der Waals surface area contributed by atoms with Gasteiger partial charge in [0.2, 0.25) is 11.7 Å². The molecule has 1 aromatic carbocycles. The Morgan fingerprint density at radius 1 is 0.952 bits per heavy atom. The third kappa shape index (κ3) is 12.9. The molecule has 0 heterocycles. The largest absolute Gasteiger partial charge is 0.483 e. The number of benzene rings is 1. The standard InChI is InChI=1S/C28H39F5N2O3S.CH2O2/c1-6-8-10-11-14-35(22(37)12-9-7-2)20(17(3)4)16-21(38-18(5)36)28(34)39-15-13-19-23(29)25(31)27(33)26(32)24(19)30;2-1-3/h13,15,17,20-21,34H,6-12,14,16H2,1-5H3;1H,(H,2,3)/b15-13+,34-28?;. The molecule has 0 saturated heterocycles. The molecule has 0 radical (unpaired) electrons. The fraction of sp³-hybridized carbons (Fsp3) is 0.586. The van der Waals surface area contributed by atoms with Crippen molar-refractivity contribution in [1.29, 1.82) is 5.41 Å². The van der Waals surface area contributed by atoms with E-state index in [-0.39, 0.29) is 35.8 Å². The van der Waals surface area contributed by atoms with Gasteiger partial charge in [-0.25, -0.2) is 22.0 Å². The number of carbonyl (C=O) groups is 3. The summed E-state index contributed by atoms with van der Waals surface area (Å²) in [5, 5.41) is 16.1. The fourth-order valence-corrected chi connectivity index (χ4v) is 4.71. The summed E-state index contributed by atoms with van der Waals surface area (Å²) in [4.78, 5) is 35.2. The second kappa shape index (κ2) is 20.8. The molecule has 1 aromatic rings. The molecule has 0 aliphatic rings. The van der Waals surface area contributed by atoms with Crippen LogP contribution in [0.4, 0.5) is 22.0 Å². The molecule has 7 nitrogen and oxygen atoms in total. The number of carboxylic acid groups (broad SMARTS) is 1. The third-order valence-corrected chi connectivity index (χ3v) is 7.01. The monoisotopic (exact) mass is 624 g/mol. The molecule has 0 aromatic heterocycles. The Kier molecular flexibility index (Phi) is 19.4. The lowest BCUT2D eigenvalue weighted by Crippen LogP contribution is -2.46. The van der Waals surface area contributed by atoms with Crippen molar-refractivity contribution in [3.05, 3.63) is 40.1 Å². The smallest absolute Gasteiger partial charge is 0.303 e. The number of carbonyl (C=O) groups excluding carboxylic acids is 2. The van der Waals surface area contributed by atoms with E-state index in [0.717, 1.165) is 43.9 Å². The highest BCUT2D eigenvalue weighted by Gasteiger charge is 2.31. The number of ether oxygens (including phenoxy) is 1. The van der Waals surface area contributed by atoms with Crippen LogP contribution in [0.3, 0.4) is 0 Å². The number of nitrogens with zero attached hydrogens (tertiary/aromatic N) is 1. The lowest BCUT2D eigenvalue weighted by atomic mass is 9.95. The first-order valence-corrected chi connectivity index (χ1v) is 14.6. The molecule has 0 aliphatic heterocycles. The van der Waals surface area contributed by atoms with Gasteiger partial charge in [-0.05, 0) is 30.2 Å². The zero-order valence-electron chi connectivity index (χ0n) is 24.7. The number of halogens is 5. The minimum Gasteiger partial charge on any atom is -0.483 e. The Morgan fingerprint density at radius 3 is 1.95 bits per heavy atom. The van der Waals surface area contributed by atoms with E-state index < -0.39 is 46.7 Å². The van der Waals surface area contributed by atoms with Gasteiger partial charge in [-0.1, -0.05) is 65.1 Å². The summed E-state index contributed by atoms with van der Waals surface area (Å²) >= 11 is 0.617. The lowest BCUT2D eigenvalue weighted by molar-refractivity contribution is -0.144. The van der Waals surface area contributed by atoms with Crippen LogP contribution in [-0.4, -0.2) is 52.1 Å². The van der Waals surface area contributed by atoms with Gasteiger partial charge < -0.3 is 14.7 Å². The minimum atomic E-state index is -2.26. The van der Waals surface area contributed by atoms with Crippen LogP contribution in [0.5, 0.6) is 0 Å². The molecule has 1 rings (SSSR count). The molecule has 2 atom stereocenters. The predicted molar refractivity (Wildman–Crippen MR) is 153 cm³/mol. The Labute approximate surface area is 248 Å². The van der Waals surface area contributed by atoms with Crippen molar-refractivity contribution in [2.75, 3.05) is 6.54 Å². The summed E-state index contributed by atoms with van der Waals surface area (Å²) in [7, 11) is 0. The Balaban J connectivity index is 0.00000535. The van der Waals surface area contributed by atoms with Gasteiger partial charge in [-0.3, -0.25) is 19.8 Å². The molecule has 42 heavy (non-hydrogen) atoms. The van der Waals surface area contributed by atoms with E-state index in [1.165, 1.54) is 6.92 Å². The molecule has 238 valence electrons. The number of nitrogens with one attached hydrogen (secondary N) is 1. The number of unbranched alkanes of at least 4 members (excludes halogenated alkanes) is 4. The lowest BCUT2D eigenvalue weighted by Gasteiger charge is -2.37. The first kappa shape index (κ1) is 39.0. The Hall–Kier alpha value is -2.96. The van der Waals surface area contributed by atoms with Crippen LogP contribution >= 0.6 is 11.8 Å². The maximum absolute atomic E-state index is 14.0. The topological polar surface area (TPSA) is 108 Å². The van der Waals surface area contributed by atoms with E-state index in [1.807, 2.05) is 20.8 Å². The van der Waals surface area contributed by atoms with Crippen molar-refractivity contribution < 1.29 is 46.2 Å². The quantitative estimate of drug-likeness (QED) is 0.0285. The maximum atomic E-state index is 14.0. The number of hydrogen-bond donors (Lipinski definition) is 2. The summed E-state index contributed by atoms with van der Waals surface area (Å²) in [6, 6.07) is -0.361. The van der Waals surface area contributed by atoms with Crippen LogP contribution < -0.4 is 0 Å². The summed E-state index contributed by atoms with van der Waals surface area (Å²) in [5.74, 6) is -11.1. The normalized spacial score (nSPS) is 12.5. The van der Waals surface area contributed by atoms with Crippen LogP contribution in [-0.2, 0) is 19.1 Å². The summed E-state index contributed by atoms with van der Waals surface area (Å²) < 4.78 is 73.6. The number of hydrogen-bond acceptors (Lipinski definition) is 6. The molecule has 0 spiro atoms. The van der Waals surface area contributed by atoms with Crippen LogP contribution in [0.1, 0.15) is 91.5 Å². The van der Waals surface area contributed by atoms with E-state index >= 15 is 0 Å². The number of amides is 1. The van der Waals surface area contributed by atoms with E-state index in [4.69, 9.17) is 20.0 Å². The molecule has 0 fully saturated rings. The molecular formula is C29H41F5N2O5S. The molecular weight excluding hydrogens is 583 g/mol.